The average molecular weight is 956 g/mol. The molecule has 11 heteroatoms. The van der Waals surface area contributed by atoms with Gasteiger partial charge in [-0.25, -0.2) is 4.98 Å². The van der Waals surface area contributed by atoms with Gasteiger partial charge in [-0.1, -0.05) is 109 Å². The lowest BCUT2D eigenvalue weighted by molar-refractivity contribution is 1.11. The molecule has 0 aliphatic carbocycles. The fraction of sp³-hybridized carbons (Fsp3) is 0.0317. The van der Waals surface area contributed by atoms with Gasteiger partial charge >= 0.3 is 14.2 Å². The summed E-state index contributed by atoms with van der Waals surface area (Å²) in [6.45, 7) is -5.37. The van der Waals surface area contributed by atoms with Crippen LogP contribution in [0.2, 0.25) is 0 Å². The molecule has 4 aliphatic heterocycles. The van der Waals surface area contributed by atoms with E-state index in [-0.39, 0.29) is 11.1 Å². The van der Waals surface area contributed by atoms with Crippen LogP contribution >= 0.6 is 0 Å². The lowest BCUT2D eigenvalue weighted by atomic mass is 9.86. The molecule has 0 unspecified atom stereocenters. The van der Waals surface area contributed by atoms with Crippen molar-refractivity contribution in [3.05, 3.63) is 248 Å². The summed E-state index contributed by atoms with van der Waals surface area (Å²) in [7, 11) is -1.04. The first-order valence-electron chi connectivity index (χ1n) is 27.9. The van der Waals surface area contributed by atoms with Crippen LogP contribution in [0.5, 0.6) is 0 Å². The number of anilines is 12. The summed E-state index contributed by atoms with van der Waals surface area (Å²) < 4.78 is 60.7. The van der Waals surface area contributed by atoms with Crippen LogP contribution in [0.1, 0.15) is 19.4 Å². The minimum atomic E-state index is -2.70. The van der Waals surface area contributed by atoms with Crippen LogP contribution in [0.4, 0.5) is 68.2 Å². The molecule has 9 nitrogen and oxygen atoms in total. The van der Waals surface area contributed by atoms with Crippen molar-refractivity contribution < 1.29 is 8.22 Å². The molecule has 12 aromatic rings. The predicted molar refractivity (Wildman–Crippen MR) is 307 cm³/mol. The van der Waals surface area contributed by atoms with Gasteiger partial charge in [0.2, 0.25) is 5.78 Å². The topological polar surface area (TPSA) is 41.7 Å². The van der Waals surface area contributed by atoms with Crippen LogP contribution in [-0.4, -0.2) is 28.2 Å². The summed E-state index contributed by atoms with van der Waals surface area (Å²) in [5, 5.41) is 0. The van der Waals surface area contributed by atoms with Crippen molar-refractivity contribution in [2.24, 2.45) is 0 Å². The maximum absolute atomic E-state index is 9.45. The van der Waals surface area contributed by atoms with Crippen LogP contribution in [0, 0.1) is 13.7 Å². The third kappa shape index (κ3) is 5.63. The molecular formula is C63H45B2N9. The number of hydrogen-bond acceptors (Lipinski definition) is 7. The van der Waals surface area contributed by atoms with E-state index in [1.54, 1.807) is 12.1 Å². The molecule has 0 fully saturated rings. The summed E-state index contributed by atoms with van der Waals surface area (Å²) in [5.74, 6) is 0.768. The first kappa shape index (κ1) is 35.5. The second-order valence-electron chi connectivity index (χ2n) is 19.2. The number of benzene rings is 10. The van der Waals surface area contributed by atoms with E-state index in [0.717, 1.165) is 90.4 Å². The molecule has 2 aromatic heterocycles. The highest BCUT2D eigenvalue weighted by Gasteiger charge is 2.55. The zero-order chi connectivity index (χ0) is 53.8. The van der Waals surface area contributed by atoms with Gasteiger partial charge in [-0.05, 0) is 163 Å². The van der Waals surface area contributed by atoms with E-state index in [9.17, 15) is 8.22 Å². The van der Waals surface area contributed by atoms with Gasteiger partial charge in [0, 0.05) is 31.0 Å². The molecule has 6 heterocycles. The zero-order valence-electron chi connectivity index (χ0n) is 45.7. The van der Waals surface area contributed by atoms with E-state index in [2.05, 4.69) is 123 Å². The van der Waals surface area contributed by atoms with Gasteiger partial charge in [0.25, 0.3) is 0 Å². The molecule has 74 heavy (non-hydrogen) atoms. The molecule has 16 rings (SSSR count). The lowest BCUT2D eigenvalue weighted by Crippen LogP contribution is -2.51. The van der Waals surface area contributed by atoms with E-state index in [1.165, 1.54) is 0 Å². The Labute approximate surface area is 437 Å². The third-order valence-corrected chi connectivity index (χ3v) is 15.3. The number of aryl methyl sites for hydroxylation is 2. The highest BCUT2D eigenvalue weighted by atomic mass is 15.5. The summed E-state index contributed by atoms with van der Waals surface area (Å²) in [6, 6.07) is 79.3. The Balaban J connectivity index is 0.947. The highest BCUT2D eigenvalue weighted by molar-refractivity contribution is 6.81. The van der Waals surface area contributed by atoms with Gasteiger partial charge in [0.15, 0.2) is 0 Å². The molecule has 4 aliphatic rings. The Morgan fingerprint density at radius 1 is 0.324 bits per heavy atom. The van der Waals surface area contributed by atoms with E-state index >= 15 is 0 Å². The van der Waals surface area contributed by atoms with Crippen molar-refractivity contribution in [3.63, 3.8) is 0 Å². The van der Waals surface area contributed by atoms with Gasteiger partial charge in [0.1, 0.15) is 0 Å². The normalized spacial score (nSPS) is 15.7. The maximum atomic E-state index is 9.45. The van der Waals surface area contributed by atoms with Crippen LogP contribution in [0.25, 0.3) is 44.7 Å². The molecule has 348 valence electrons. The van der Waals surface area contributed by atoms with Crippen molar-refractivity contribution >= 4 is 110 Å². The Bertz CT molecular complexity index is 4500. The van der Waals surface area contributed by atoms with Gasteiger partial charge in [0.05, 0.1) is 73.3 Å². The summed E-state index contributed by atoms with van der Waals surface area (Å²) in [5.41, 5.74) is 15.7. The fourth-order valence-electron chi connectivity index (χ4n) is 12.3. The summed E-state index contributed by atoms with van der Waals surface area (Å²) >= 11 is 0. The Kier molecular flexibility index (Phi) is 7.41. The third-order valence-electron chi connectivity index (χ3n) is 15.3. The van der Waals surface area contributed by atoms with Gasteiger partial charge in [-0.2, -0.15) is 0 Å². The maximum Gasteiger partial charge on any atom is 0.519 e. The second kappa shape index (κ2) is 15.5. The first-order valence-corrected chi connectivity index (χ1v) is 24.9. The number of nitrogens with zero attached hydrogens (tertiary/aromatic N) is 9. The number of rotatable bonds is 6. The highest BCUT2D eigenvalue weighted by Crippen LogP contribution is 2.60. The molecule has 0 radical (unpaired) electrons. The van der Waals surface area contributed by atoms with Gasteiger partial charge in [-0.3, -0.25) is 8.97 Å². The van der Waals surface area contributed by atoms with Crippen molar-refractivity contribution in [2.45, 2.75) is 13.7 Å². The van der Waals surface area contributed by atoms with E-state index in [1.807, 2.05) is 140 Å². The Morgan fingerprint density at radius 2 is 0.716 bits per heavy atom. The molecule has 0 bridgehead atoms. The summed E-state index contributed by atoms with van der Waals surface area (Å²) in [4.78, 5) is 18.7. The molecular weight excluding hydrogens is 904 g/mol. The number of imidazole rings is 2. The number of aromatic nitrogens is 3. The number of fused-ring (bicyclic) bond motifs is 15. The van der Waals surface area contributed by atoms with Crippen molar-refractivity contribution in [3.8, 4) is 16.8 Å². The van der Waals surface area contributed by atoms with Gasteiger partial charge in [-0.15, -0.1) is 0 Å². The van der Waals surface area contributed by atoms with Crippen molar-refractivity contribution in [2.75, 3.05) is 28.9 Å². The molecule has 10 aromatic carbocycles. The number of para-hydroxylation sites is 11. The average Bonchev–Trinajstić information content (AvgIpc) is 4.51. The molecule has 0 spiro atoms. The minimum Gasteiger partial charge on any atom is -0.344 e. The second-order valence-corrected chi connectivity index (χ2v) is 19.2. The zero-order valence-corrected chi connectivity index (χ0v) is 39.7. The monoisotopic (exact) mass is 955 g/mol. The van der Waals surface area contributed by atoms with Gasteiger partial charge < -0.3 is 28.9 Å². The van der Waals surface area contributed by atoms with Crippen LogP contribution in [0.3, 0.4) is 0 Å². The fourth-order valence-corrected chi connectivity index (χ4v) is 12.3. The van der Waals surface area contributed by atoms with Crippen molar-refractivity contribution in [1.29, 1.82) is 0 Å². The van der Waals surface area contributed by atoms with E-state index in [0.29, 0.717) is 22.5 Å². The van der Waals surface area contributed by atoms with E-state index in [4.69, 9.17) is 4.98 Å². The number of hydrogen-bond donors (Lipinski definition) is 0. The largest absolute Gasteiger partial charge is 0.519 e. The Morgan fingerprint density at radius 3 is 1.24 bits per heavy atom. The Hall–Kier alpha value is -9.60. The molecule has 0 N–H and O–H groups in total. The standard InChI is InChI=1S/C63H45B2N9/c1-42-37-59-61(73-57-35-18-16-33-55(57)69(44-21-6-3-7-22-44)64(73)71(59)46-25-10-5-11-26-46)40-49(42)50-41-62-60(38-43(50)2)72(65-70(45-23-8-4-9-24-45)56-34-17-19-36-58(56)74(62)65)48-28-20-27-47(39-48)67-53-31-14-15-32-54(53)68-52-30-13-12-29-51(52)66-63(67)68/h3-41H,1-2H3/i1D3,2D3. The molecule has 0 saturated carbocycles. The van der Waals surface area contributed by atoms with E-state index < -0.39 is 27.9 Å². The quantitative estimate of drug-likeness (QED) is 0.154. The summed E-state index contributed by atoms with van der Waals surface area (Å²) in [6.07, 6.45) is 0. The molecule has 0 atom stereocenters. The van der Waals surface area contributed by atoms with Crippen LogP contribution in [0.15, 0.2) is 237 Å². The van der Waals surface area contributed by atoms with Crippen LogP contribution in [-0.2, 0) is 0 Å². The first-order chi connectivity index (χ1) is 39.0. The smallest absolute Gasteiger partial charge is 0.344 e. The predicted octanol–water partition coefficient (Wildman–Crippen LogP) is 15.6. The van der Waals surface area contributed by atoms with Crippen LogP contribution < -0.4 is 28.9 Å². The lowest BCUT2D eigenvalue weighted by Gasteiger charge is -2.32. The SMILES string of the molecule is [2H]C([2H])([2H])c1cc2c(cc1-c1cc3c(cc1C([2H])([2H])[2H])N(c1cccc(-n4c5ccccc5n5c6ccccc6nc45)c1)B1N(c4ccccc4)c4ccccc4N13)N1B(N(c3ccccc3)c3ccccc31)N2c1ccccc1. The van der Waals surface area contributed by atoms with Crippen molar-refractivity contribution in [1.82, 2.24) is 14.0 Å². The molecule has 0 amide bonds. The minimum absolute atomic E-state index is 0.0351. The molecule has 0 saturated heterocycles.